The van der Waals surface area contributed by atoms with Crippen molar-refractivity contribution in [3.63, 3.8) is 0 Å². The van der Waals surface area contributed by atoms with E-state index in [1.165, 1.54) is 11.3 Å². The van der Waals surface area contributed by atoms with Crippen LogP contribution in [0.4, 0.5) is 0 Å². The Kier molecular flexibility index (Phi) is 2.47. The van der Waals surface area contributed by atoms with E-state index in [2.05, 4.69) is 4.98 Å². The molecule has 0 aliphatic rings. The highest BCUT2D eigenvalue weighted by Gasteiger charge is 1.98. The highest BCUT2D eigenvalue weighted by molar-refractivity contribution is 7.11. The van der Waals surface area contributed by atoms with E-state index in [1.807, 2.05) is 17.5 Å². The smallest absolute Gasteiger partial charge is 0.180 e. The summed E-state index contributed by atoms with van der Waals surface area (Å²) < 4.78 is 5.49. The molecule has 0 aliphatic carbocycles. The molecule has 0 fully saturated rings. The predicted octanol–water partition coefficient (Wildman–Crippen LogP) is 3.59. The molecular formula is C9H6ClNOS. The maximum atomic E-state index is 5.70. The number of halogens is 1. The van der Waals surface area contributed by atoms with Crippen LogP contribution in [-0.2, 0) is 0 Å². The molecular weight excluding hydrogens is 206 g/mol. The van der Waals surface area contributed by atoms with Crippen LogP contribution in [0.2, 0.25) is 5.15 Å². The highest BCUT2D eigenvalue weighted by atomic mass is 35.5. The minimum Gasteiger partial charge on any atom is -0.447 e. The first kappa shape index (κ1) is 8.53. The molecule has 0 bridgehead atoms. The van der Waals surface area contributed by atoms with Gasteiger partial charge in [0.15, 0.2) is 5.06 Å². The Hall–Kier alpha value is -1.06. The first-order valence-electron chi connectivity index (χ1n) is 3.67. The van der Waals surface area contributed by atoms with E-state index in [9.17, 15) is 0 Å². The summed E-state index contributed by atoms with van der Waals surface area (Å²) in [7, 11) is 0. The first-order valence-corrected chi connectivity index (χ1v) is 4.93. The summed E-state index contributed by atoms with van der Waals surface area (Å²) in [5.41, 5.74) is 0. The molecule has 2 nitrogen and oxygen atoms in total. The third kappa shape index (κ3) is 2.20. The molecule has 0 amide bonds. The minimum absolute atomic E-state index is 0.439. The van der Waals surface area contributed by atoms with E-state index >= 15 is 0 Å². The van der Waals surface area contributed by atoms with Crippen molar-refractivity contribution in [3.05, 3.63) is 41.0 Å². The van der Waals surface area contributed by atoms with Crippen LogP contribution in [0.5, 0.6) is 10.8 Å². The average Bonchev–Trinajstić information content (AvgIpc) is 2.57. The van der Waals surface area contributed by atoms with E-state index in [0.29, 0.717) is 10.9 Å². The zero-order valence-electron chi connectivity index (χ0n) is 6.61. The van der Waals surface area contributed by atoms with Crippen LogP contribution >= 0.6 is 22.9 Å². The molecule has 2 rings (SSSR count). The molecule has 0 atom stereocenters. The normalized spacial score (nSPS) is 9.92. The molecule has 0 radical (unpaired) electrons. The van der Waals surface area contributed by atoms with Crippen molar-refractivity contribution in [2.75, 3.05) is 0 Å². The molecule has 4 heteroatoms. The Morgan fingerprint density at radius 3 is 3.00 bits per heavy atom. The van der Waals surface area contributed by atoms with Gasteiger partial charge in [0.05, 0.1) is 0 Å². The van der Waals surface area contributed by atoms with E-state index in [4.69, 9.17) is 16.3 Å². The van der Waals surface area contributed by atoms with Gasteiger partial charge >= 0.3 is 0 Å². The Balaban J connectivity index is 2.19. The van der Waals surface area contributed by atoms with Gasteiger partial charge < -0.3 is 4.74 Å². The lowest BCUT2D eigenvalue weighted by Gasteiger charge is -2.01. The van der Waals surface area contributed by atoms with Crippen molar-refractivity contribution in [2.24, 2.45) is 0 Å². The van der Waals surface area contributed by atoms with Crippen molar-refractivity contribution in [1.29, 1.82) is 0 Å². The second-order valence-corrected chi connectivity index (χ2v) is 3.65. The van der Waals surface area contributed by atoms with Gasteiger partial charge in [0.2, 0.25) is 0 Å². The molecule has 2 aromatic rings. The lowest BCUT2D eigenvalue weighted by Crippen LogP contribution is -1.81. The van der Waals surface area contributed by atoms with Crippen molar-refractivity contribution in [3.8, 4) is 10.8 Å². The first-order chi connectivity index (χ1) is 6.34. The van der Waals surface area contributed by atoms with Gasteiger partial charge in [0.1, 0.15) is 10.9 Å². The van der Waals surface area contributed by atoms with Crippen LogP contribution < -0.4 is 4.74 Å². The molecule has 2 aromatic heterocycles. The summed E-state index contributed by atoms with van der Waals surface area (Å²) in [6.07, 6.45) is 1.62. The summed E-state index contributed by atoms with van der Waals surface area (Å²) in [5, 5.41) is 3.24. The Morgan fingerprint density at radius 2 is 2.31 bits per heavy atom. The average molecular weight is 212 g/mol. The van der Waals surface area contributed by atoms with Gasteiger partial charge in [-0.1, -0.05) is 11.6 Å². The van der Waals surface area contributed by atoms with E-state index in [1.54, 1.807) is 18.3 Å². The molecule has 0 spiro atoms. The fourth-order valence-corrected chi connectivity index (χ4v) is 1.64. The Morgan fingerprint density at radius 1 is 1.38 bits per heavy atom. The molecule has 0 aliphatic heterocycles. The number of rotatable bonds is 2. The summed E-state index contributed by atoms with van der Waals surface area (Å²) in [6.45, 7) is 0. The second kappa shape index (κ2) is 3.77. The highest BCUT2D eigenvalue weighted by Crippen LogP contribution is 2.26. The van der Waals surface area contributed by atoms with Crippen LogP contribution in [0.3, 0.4) is 0 Å². The molecule has 0 aromatic carbocycles. The quantitative estimate of drug-likeness (QED) is 0.709. The molecule has 13 heavy (non-hydrogen) atoms. The van der Waals surface area contributed by atoms with Gasteiger partial charge in [-0.3, -0.25) is 0 Å². The number of nitrogens with zero attached hydrogens (tertiary/aromatic N) is 1. The maximum absolute atomic E-state index is 5.70. The number of aromatic nitrogens is 1. The van der Waals surface area contributed by atoms with E-state index in [-0.39, 0.29) is 0 Å². The number of hydrogen-bond acceptors (Lipinski definition) is 3. The second-order valence-electron chi connectivity index (χ2n) is 2.35. The fourth-order valence-electron chi connectivity index (χ4n) is 0.886. The lowest BCUT2D eigenvalue weighted by molar-refractivity contribution is 0.496. The van der Waals surface area contributed by atoms with E-state index in [0.717, 1.165) is 5.06 Å². The number of ether oxygens (including phenoxy) is 1. The van der Waals surface area contributed by atoms with Gasteiger partial charge in [-0.2, -0.15) is 0 Å². The zero-order chi connectivity index (χ0) is 9.10. The van der Waals surface area contributed by atoms with Gasteiger partial charge in [-0.05, 0) is 23.6 Å². The van der Waals surface area contributed by atoms with Gasteiger partial charge in [-0.25, -0.2) is 4.98 Å². The summed E-state index contributed by atoms with van der Waals surface area (Å²) in [5.74, 6) is 0.711. The molecule has 0 saturated carbocycles. The Labute approximate surface area is 84.8 Å². The third-order valence-electron chi connectivity index (χ3n) is 1.41. The zero-order valence-corrected chi connectivity index (χ0v) is 8.18. The lowest BCUT2D eigenvalue weighted by atomic mass is 10.4. The molecule has 2 heterocycles. The van der Waals surface area contributed by atoms with Crippen molar-refractivity contribution in [1.82, 2.24) is 4.98 Å². The maximum Gasteiger partial charge on any atom is 0.180 e. The van der Waals surface area contributed by atoms with Crippen LogP contribution in [0.15, 0.2) is 35.8 Å². The largest absolute Gasteiger partial charge is 0.447 e. The fraction of sp³-hybridized carbons (Fsp3) is 0. The van der Waals surface area contributed by atoms with Crippen molar-refractivity contribution in [2.45, 2.75) is 0 Å². The number of pyridine rings is 1. The molecule has 66 valence electrons. The van der Waals surface area contributed by atoms with E-state index < -0.39 is 0 Å². The minimum atomic E-state index is 0.439. The van der Waals surface area contributed by atoms with Crippen LogP contribution in [0.25, 0.3) is 0 Å². The third-order valence-corrected chi connectivity index (χ3v) is 2.36. The van der Waals surface area contributed by atoms with Crippen molar-refractivity contribution >= 4 is 22.9 Å². The topological polar surface area (TPSA) is 22.1 Å². The van der Waals surface area contributed by atoms with Crippen LogP contribution in [0.1, 0.15) is 0 Å². The summed E-state index contributed by atoms with van der Waals surface area (Å²) in [4.78, 5) is 3.86. The summed E-state index contributed by atoms with van der Waals surface area (Å²) in [6, 6.07) is 7.29. The molecule has 0 N–H and O–H groups in total. The van der Waals surface area contributed by atoms with Gasteiger partial charge in [0.25, 0.3) is 0 Å². The predicted molar refractivity (Wildman–Crippen MR) is 53.6 cm³/mol. The number of hydrogen-bond donors (Lipinski definition) is 0. The van der Waals surface area contributed by atoms with Gasteiger partial charge in [0, 0.05) is 12.3 Å². The molecule has 0 saturated heterocycles. The standard InChI is InChI=1S/C9H6ClNOS/c10-8-6-7(3-4-11-8)12-9-2-1-5-13-9/h1-6H. The van der Waals surface area contributed by atoms with Crippen LogP contribution in [-0.4, -0.2) is 4.98 Å². The van der Waals surface area contributed by atoms with Crippen molar-refractivity contribution < 1.29 is 4.74 Å². The summed E-state index contributed by atoms with van der Waals surface area (Å²) >= 11 is 7.24. The SMILES string of the molecule is Clc1cc(Oc2cccs2)ccn1. The number of thiophene rings is 1. The van der Waals surface area contributed by atoms with Gasteiger partial charge in [-0.15, -0.1) is 11.3 Å². The molecule has 0 unspecified atom stereocenters. The van der Waals surface area contributed by atoms with Crippen LogP contribution in [0, 0.1) is 0 Å². The monoisotopic (exact) mass is 211 g/mol. The Bertz CT molecular complexity index is 388.